The zero-order chi connectivity index (χ0) is 15.5. The van der Waals surface area contributed by atoms with Crippen molar-refractivity contribution in [2.75, 3.05) is 6.54 Å². The lowest BCUT2D eigenvalue weighted by atomic mass is 9.84. The fraction of sp³-hybridized carbons (Fsp3) is 0.600. The Morgan fingerprint density at radius 1 is 1.33 bits per heavy atom. The van der Waals surface area contributed by atoms with Crippen LogP contribution in [0.15, 0.2) is 23.1 Å². The fourth-order valence-electron chi connectivity index (χ4n) is 3.02. The van der Waals surface area contributed by atoms with E-state index in [1.54, 1.807) is 0 Å². The van der Waals surface area contributed by atoms with E-state index >= 15 is 0 Å². The predicted octanol–water partition coefficient (Wildman–Crippen LogP) is 2.57. The number of benzene rings is 1. The van der Waals surface area contributed by atoms with E-state index in [2.05, 4.69) is 11.6 Å². The topological polar surface area (TPSA) is 66.4 Å². The standard InChI is InChI=1S/C15H22FNO3S/c1-2-15(7-3-4-8-15)11-17-21(19,20)14-9-13(16)6-5-12(14)10-18/h5-6,9,17-18H,2-4,7-8,10-11H2,1H3. The monoisotopic (exact) mass is 315 g/mol. The van der Waals surface area contributed by atoms with Crippen LogP contribution in [-0.4, -0.2) is 20.1 Å². The van der Waals surface area contributed by atoms with Crippen molar-refractivity contribution in [1.82, 2.24) is 4.72 Å². The smallest absolute Gasteiger partial charge is 0.241 e. The highest BCUT2D eigenvalue weighted by atomic mass is 32.2. The summed E-state index contributed by atoms with van der Waals surface area (Å²) in [5.74, 6) is -0.626. The maximum Gasteiger partial charge on any atom is 0.241 e. The SMILES string of the molecule is CCC1(CNS(=O)(=O)c2cc(F)ccc2CO)CCCC1. The van der Waals surface area contributed by atoms with Gasteiger partial charge in [-0.2, -0.15) is 0 Å². The molecule has 1 aliphatic carbocycles. The third-order valence-corrected chi connectivity index (χ3v) is 6.02. The lowest BCUT2D eigenvalue weighted by molar-refractivity contribution is 0.277. The average molecular weight is 315 g/mol. The molecule has 21 heavy (non-hydrogen) atoms. The van der Waals surface area contributed by atoms with E-state index in [0.717, 1.165) is 44.2 Å². The van der Waals surface area contributed by atoms with Crippen LogP contribution < -0.4 is 4.72 Å². The van der Waals surface area contributed by atoms with Gasteiger partial charge in [-0.25, -0.2) is 17.5 Å². The van der Waals surface area contributed by atoms with Gasteiger partial charge in [0.15, 0.2) is 0 Å². The minimum atomic E-state index is -3.81. The number of hydrogen-bond donors (Lipinski definition) is 2. The van der Waals surface area contributed by atoms with Crippen LogP contribution in [-0.2, 0) is 16.6 Å². The maximum atomic E-state index is 13.3. The first-order chi connectivity index (χ1) is 9.92. The molecule has 0 heterocycles. The Kier molecular flexibility index (Phi) is 5.01. The van der Waals surface area contributed by atoms with E-state index < -0.39 is 22.4 Å². The van der Waals surface area contributed by atoms with Crippen LogP contribution in [0.4, 0.5) is 4.39 Å². The minimum absolute atomic E-state index is 0.0137. The highest BCUT2D eigenvalue weighted by molar-refractivity contribution is 7.89. The van der Waals surface area contributed by atoms with Crippen LogP contribution in [0.3, 0.4) is 0 Å². The molecule has 0 atom stereocenters. The van der Waals surface area contributed by atoms with E-state index in [1.165, 1.54) is 6.07 Å². The molecule has 0 spiro atoms. The molecule has 4 nitrogen and oxygen atoms in total. The van der Waals surface area contributed by atoms with E-state index in [-0.39, 0.29) is 15.9 Å². The molecule has 1 saturated carbocycles. The van der Waals surface area contributed by atoms with Crippen molar-refractivity contribution in [3.05, 3.63) is 29.6 Å². The van der Waals surface area contributed by atoms with Crippen molar-refractivity contribution >= 4 is 10.0 Å². The largest absolute Gasteiger partial charge is 0.392 e. The van der Waals surface area contributed by atoms with Gasteiger partial charge in [-0.3, -0.25) is 0 Å². The summed E-state index contributed by atoms with van der Waals surface area (Å²) in [4.78, 5) is -0.172. The number of aliphatic hydroxyl groups excluding tert-OH is 1. The molecule has 2 rings (SSSR count). The molecular formula is C15H22FNO3S. The van der Waals surface area contributed by atoms with Gasteiger partial charge < -0.3 is 5.11 Å². The second kappa shape index (κ2) is 6.42. The molecule has 0 bridgehead atoms. The molecule has 0 saturated heterocycles. The van der Waals surface area contributed by atoms with Crippen molar-refractivity contribution < 1.29 is 17.9 Å². The summed E-state index contributed by atoms with van der Waals surface area (Å²) in [5, 5.41) is 9.23. The molecule has 2 N–H and O–H groups in total. The summed E-state index contributed by atoms with van der Waals surface area (Å²) in [6, 6.07) is 3.41. The number of rotatable bonds is 6. The molecule has 1 aromatic rings. The molecule has 0 aliphatic heterocycles. The lowest BCUT2D eigenvalue weighted by Crippen LogP contribution is -2.36. The van der Waals surface area contributed by atoms with Crippen LogP contribution in [0, 0.1) is 11.2 Å². The van der Waals surface area contributed by atoms with Gasteiger partial charge in [0.2, 0.25) is 10.0 Å². The molecule has 0 aromatic heterocycles. The molecule has 0 radical (unpaired) electrons. The Morgan fingerprint density at radius 3 is 2.57 bits per heavy atom. The van der Waals surface area contributed by atoms with Gasteiger partial charge in [-0.05, 0) is 42.4 Å². The van der Waals surface area contributed by atoms with Crippen LogP contribution >= 0.6 is 0 Å². The van der Waals surface area contributed by atoms with Crippen LogP contribution in [0.5, 0.6) is 0 Å². The summed E-state index contributed by atoms with van der Waals surface area (Å²) in [5.41, 5.74) is 0.223. The van der Waals surface area contributed by atoms with Gasteiger partial charge in [0.05, 0.1) is 11.5 Å². The molecule has 1 aliphatic rings. The highest BCUT2D eigenvalue weighted by Gasteiger charge is 2.33. The van der Waals surface area contributed by atoms with Gasteiger partial charge in [0.25, 0.3) is 0 Å². The Labute approximate surface area is 125 Å². The number of sulfonamides is 1. The van der Waals surface area contributed by atoms with E-state index in [0.29, 0.717) is 6.54 Å². The van der Waals surface area contributed by atoms with E-state index in [9.17, 15) is 17.9 Å². The number of nitrogens with one attached hydrogen (secondary N) is 1. The van der Waals surface area contributed by atoms with Crippen LogP contribution in [0.2, 0.25) is 0 Å². The van der Waals surface area contributed by atoms with Crippen LogP contribution in [0.25, 0.3) is 0 Å². The fourth-order valence-corrected chi connectivity index (χ4v) is 4.41. The summed E-state index contributed by atoms with van der Waals surface area (Å²) < 4.78 is 40.7. The third-order valence-electron chi connectivity index (χ3n) is 4.54. The van der Waals surface area contributed by atoms with E-state index in [1.807, 2.05) is 0 Å². The van der Waals surface area contributed by atoms with E-state index in [4.69, 9.17) is 0 Å². The minimum Gasteiger partial charge on any atom is -0.392 e. The summed E-state index contributed by atoms with van der Waals surface area (Å²) in [6.45, 7) is 2.00. The number of aliphatic hydroxyl groups is 1. The first-order valence-corrected chi connectivity index (χ1v) is 8.80. The Morgan fingerprint density at radius 2 is 2.00 bits per heavy atom. The molecule has 1 fully saturated rings. The molecule has 0 amide bonds. The molecule has 118 valence electrons. The first kappa shape index (κ1) is 16.4. The van der Waals surface area contributed by atoms with Crippen LogP contribution in [0.1, 0.15) is 44.6 Å². The Bertz CT molecular complexity index is 595. The average Bonchev–Trinajstić information content (AvgIpc) is 2.95. The zero-order valence-corrected chi connectivity index (χ0v) is 13.0. The van der Waals surface area contributed by atoms with Crippen molar-refractivity contribution in [1.29, 1.82) is 0 Å². The van der Waals surface area contributed by atoms with Gasteiger partial charge in [0.1, 0.15) is 5.82 Å². The van der Waals surface area contributed by atoms with Gasteiger partial charge in [0, 0.05) is 6.54 Å². The lowest BCUT2D eigenvalue weighted by Gasteiger charge is -2.27. The first-order valence-electron chi connectivity index (χ1n) is 7.31. The second-order valence-corrected chi connectivity index (χ2v) is 7.53. The van der Waals surface area contributed by atoms with Crippen molar-refractivity contribution in [3.8, 4) is 0 Å². The van der Waals surface area contributed by atoms with Gasteiger partial charge in [-0.1, -0.05) is 25.8 Å². The molecule has 6 heteroatoms. The van der Waals surface area contributed by atoms with Gasteiger partial charge in [-0.15, -0.1) is 0 Å². The summed E-state index contributed by atoms with van der Waals surface area (Å²) in [7, 11) is -3.81. The normalized spacial score (nSPS) is 18.0. The van der Waals surface area contributed by atoms with Crippen molar-refractivity contribution in [2.24, 2.45) is 5.41 Å². The second-order valence-electron chi connectivity index (χ2n) is 5.80. The Hall–Kier alpha value is -0.980. The summed E-state index contributed by atoms with van der Waals surface area (Å²) >= 11 is 0. The van der Waals surface area contributed by atoms with Crippen molar-refractivity contribution in [2.45, 2.75) is 50.5 Å². The maximum absolute atomic E-state index is 13.3. The van der Waals surface area contributed by atoms with Crippen molar-refractivity contribution in [3.63, 3.8) is 0 Å². The summed E-state index contributed by atoms with van der Waals surface area (Å²) in [6.07, 6.45) is 5.20. The number of hydrogen-bond acceptors (Lipinski definition) is 3. The zero-order valence-electron chi connectivity index (χ0n) is 12.2. The molecule has 0 unspecified atom stereocenters. The predicted molar refractivity (Wildman–Crippen MR) is 78.7 cm³/mol. The van der Waals surface area contributed by atoms with Gasteiger partial charge >= 0.3 is 0 Å². The Balaban J connectivity index is 2.20. The number of halogens is 1. The third kappa shape index (κ3) is 3.62. The quantitative estimate of drug-likeness (QED) is 0.848. The molecule has 1 aromatic carbocycles. The molecular weight excluding hydrogens is 293 g/mol. The highest BCUT2D eigenvalue weighted by Crippen LogP contribution is 2.40.